The maximum Gasteiger partial charge on any atom is 0.124 e. The molecule has 0 saturated carbocycles. The number of fused-ring (bicyclic) bond motifs is 5. The first-order valence-corrected chi connectivity index (χ1v) is 16.9. The van der Waals surface area contributed by atoms with Crippen molar-refractivity contribution < 1.29 is 0 Å². The Morgan fingerprint density at radius 1 is 0.622 bits per heavy atom. The fourth-order valence-electron chi connectivity index (χ4n) is 6.14. The second-order valence-corrected chi connectivity index (χ2v) is 14.3. The lowest BCUT2D eigenvalue weighted by atomic mass is 10.0. The van der Waals surface area contributed by atoms with E-state index >= 15 is 0 Å². The van der Waals surface area contributed by atoms with Crippen LogP contribution in [0.3, 0.4) is 0 Å². The van der Waals surface area contributed by atoms with Crippen LogP contribution < -0.4 is 0 Å². The van der Waals surface area contributed by atoms with Gasteiger partial charge < -0.3 is 4.57 Å². The summed E-state index contributed by atoms with van der Waals surface area (Å²) in [5.74, 6) is 0.923. The number of benzene rings is 5. The topological polar surface area (TPSA) is 54.5 Å². The summed E-state index contributed by atoms with van der Waals surface area (Å²) in [5, 5.41) is 14.0. The highest BCUT2D eigenvalue weighted by atomic mass is 32.1. The maximum absolute atomic E-state index is 9.65. The molecule has 5 aromatic carbocycles. The number of nitrogens with zero attached hydrogens (tertiary/aromatic N) is 4. The third-order valence-corrected chi connectivity index (χ3v) is 10.8. The first-order chi connectivity index (χ1) is 21.9. The van der Waals surface area contributed by atoms with E-state index in [4.69, 9.17) is 9.97 Å². The molecule has 0 radical (unpaired) electrons. The van der Waals surface area contributed by atoms with Crippen LogP contribution in [0.1, 0.15) is 56.2 Å². The normalized spacial score (nSPS) is 11.9. The molecule has 218 valence electrons. The van der Waals surface area contributed by atoms with Gasteiger partial charge in [0.2, 0.25) is 0 Å². The van der Waals surface area contributed by atoms with E-state index in [1.54, 1.807) is 22.7 Å². The summed E-state index contributed by atoms with van der Waals surface area (Å²) in [6.07, 6.45) is 0. The molecule has 3 aromatic heterocycles. The molecule has 0 aliphatic carbocycles. The average molecular weight is 619 g/mol. The Morgan fingerprint density at radius 3 is 1.64 bits per heavy atom. The third kappa shape index (κ3) is 4.71. The van der Waals surface area contributed by atoms with Gasteiger partial charge in [0.25, 0.3) is 0 Å². The minimum absolute atomic E-state index is 0.462. The molecule has 0 spiro atoms. The van der Waals surface area contributed by atoms with E-state index in [-0.39, 0.29) is 0 Å². The Hall–Kier alpha value is -4.83. The molecule has 45 heavy (non-hydrogen) atoms. The van der Waals surface area contributed by atoms with Crippen LogP contribution >= 0.6 is 22.7 Å². The summed E-state index contributed by atoms with van der Waals surface area (Å²) >= 11 is 3.47. The smallest absolute Gasteiger partial charge is 0.124 e. The maximum atomic E-state index is 9.65. The monoisotopic (exact) mass is 618 g/mol. The van der Waals surface area contributed by atoms with Crippen LogP contribution in [0.15, 0.2) is 97.1 Å². The van der Waals surface area contributed by atoms with Crippen molar-refractivity contribution in [2.24, 2.45) is 0 Å². The Kier molecular flexibility index (Phi) is 6.56. The Balaban J connectivity index is 1.34. The first kappa shape index (κ1) is 27.7. The number of hydrogen-bond acceptors (Lipinski definition) is 5. The van der Waals surface area contributed by atoms with Crippen molar-refractivity contribution in [1.82, 2.24) is 14.5 Å². The van der Waals surface area contributed by atoms with Gasteiger partial charge in [-0.25, -0.2) is 9.97 Å². The van der Waals surface area contributed by atoms with Crippen LogP contribution in [0.4, 0.5) is 0 Å². The summed E-state index contributed by atoms with van der Waals surface area (Å²) in [6, 6.07) is 36.7. The summed E-state index contributed by atoms with van der Waals surface area (Å²) in [5.41, 5.74) is 10.7. The minimum Gasteiger partial charge on any atom is -0.309 e. The molecule has 0 bridgehead atoms. The second-order valence-electron chi connectivity index (χ2n) is 12.3. The number of thiazole rings is 2. The molecule has 0 saturated heterocycles. The summed E-state index contributed by atoms with van der Waals surface area (Å²) in [7, 11) is 0. The summed E-state index contributed by atoms with van der Waals surface area (Å²) < 4.78 is 4.66. The van der Waals surface area contributed by atoms with Crippen molar-refractivity contribution in [2.75, 3.05) is 0 Å². The predicted octanol–water partition coefficient (Wildman–Crippen LogP) is 11.5. The fraction of sp³-hybridized carbons (Fsp3) is 0.154. The van der Waals surface area contributed by atoms with E-state index in [1.165, 1.54) is 20.5 Å². The van der Waals surface area contributed by atoms with Crippen LogP contribution in [0, 0.1) is 11.3 Å². The van der Waals surface area contributed by atoms with Crippen molar-refractivity contribution in [3.8, 4) is 32.9 Å². The summed E-state index contributed by atoms with van der Waals surface area (Å²) in [4.78, 5) is 10.2. The van der Waals surface area contributed by atoms with E-state index in [2.05, 4.69) is 117 Å². The molecule has 0 amide bonds. The molecule has 0 fully saturated rings. The minimum atomic E-state index is 0.462. The lowest BCUT2D eigenvalue weighted by Crippen LogP contribution is -1.94. The van der Waals surface area contributed by atoms with Crippen LogP contribution in [0.2, 0.25) is 0 Å². The molecule has 6 heteroatoms. The van der Waals surface area contributed by atoms with E-state index in [0.29, 0.717) is 17.4 Å². The van der Waals surface area contributed by atoms with E-state index in [1.807, 2.05) is 18.2 Å². The third-order valence-electron chi connectivity index (χ3n) is 8.65. The van der Waals surface area contributed by atoms with Crippen LogP contribution in [0.25, 0.3) is 69.1 Å². The standard InChI is InChI=1S/C39H30N4S2/c1-22(2)25-10-14-36-32(19-25)41-38(44-36)27-8-12-34-30(17-27)31-18-28(39-42-33-20-26(23(3)4)11-15-37(33)45-39)9-13-35(31)43(34)29-7-5-6-24(16-29)21-40/h5-20,22-23H,1-4H3. The lowest BCUT2D eigenvalue weighted by molar-refractivity contribution is 0.868. The van der Waals surface area contributed by atoms with Gasteiger partial charge in [0, 0.05) is 27.6 Å². The van der Waals surface area contributed by atoms with Crippen molar-refractivity contribution in [1.29, 1.82) is 5.26 Å². The molecular formula is C39H30N4S2. The van der Waals surface area contributed by atoms with E-state index in [9.17, 15) is 5.26 Å². The quantitative estimate of drug-likeness (QED) is 0.193. The molecule has 0 unspecified atom stereocenters. The van der Waals surface area contributed by atoms with Gasteiger partial charge in [-0.05, 0) is 102 Å². The molecule has 0 aliphatic rings. The number of aromatic nitrogens is 3. The molecule has 8 aromatic rings. The highest BCUT2D eigenvalue weighted by Crippen LogP contribution is 2.40. The van der Waals surface area contributed by atoms with Gasteiger partial charge in [-0.15, -0.1) is 22.7 Å². The number of rotatable bonds is 5. The molecule has 0 N–H and O–H groups in total. The lowest BCUT2D eigenvalue weighted by Gasteiger charge is -2.08. The van der Waals surface area contributed by atoms with Crippen molar-refractivity contribution in [2.45, 2.75) is 39.5 Å². The van der Waals surface area contributed by atoms with Gasteiger partial charge in [0.05, 0.1) is 43.1 Å². The number of hydrogen-bond donors (Lipinski definition) is 0. The van der Waals surface area contributed by atoms with Gasteiger partial charge >= 0.3 is 0 Å². The second kappa shape index (κ2) is 10.7. The van der Waals surface area contributed by atoms with Crippen molar-refractivity contribution in [3.63, 3.8) is 0 Å². The Labute approximate surface area is 269 Å². The van der Waals surface area contributed by atoms with Gasteiger partial charge in [-0.2, -0.15) is 5.26 Å². The molecule has 3 heterocycles. The zero-order chi connectivity index (χ0) is 30.8. The van der Waals surface area contributed by atoms with Crippen molar-refractivity contribution in [3.05, 3.63) is 114 Å². The Bertz CT molecular complexity index is 2320. The van der Waals surface area contributed by atoms with E-state index in [0.717, 1.165) is 59.7 Å². The van der Waals surface area contributed by atoms with Gasteiger partial charge in [-0.3, -0.25) is 0 Å². The Morgan fingerprint density at radius 2 is 1.16 bits per heavy atom. The van der Waals surface area contributed by atoms with Crippen LogP contribution in [-0.4, -0.2) is 14.5 Å². The molecule has 0 aliphatic heterocycles. The zero-order valence-corrected chi connectivity index (χ0v) is 27.1. The molecule has 8 rings (SSSR count). The number of nitriles is 1. The van der Waals surface area contributed by atoms with Crippen LogP contribution in [-0.2, 0) is 0 Å². The first-order valence-electron chi connectivity index (χ1n) is 15.3. The molecule has 4 nitrogen and oxygen atoms in total. The zero-order valence-electron chi connectivity index (χ0n) is 25.5. The van der Waals surface area contributed by atoms with Crippen molar-refractivity contribution >= 4 is 64.9 Å². The van der Waals surface area contributed by atoms with Gasteiger partial charge in [0.1, 0.15) is 10.0 Å². The van der Waals surface area contributed by atoms with Gasteiger partial charge in [0.15, 0.2) is 0 Å². The highest BCUT2D eigenvalue weighted by Gasteiger charge is 2.18. The summed E-state index contributed by atoms with van der Waals surface area (Å²) in [6.45, 7) is 8.87. The average Bonchev–Trinajstić information content (AvgIpc) is 3.77. The van der Waals surface area contributed by atoms with Gasteiger partial charge in [-0.1, -0.05) is 45.9 Å². The molecular weight excluding hydrogens is 589 g/mol. The predicted molar refractivity (Wildman–Crippen MR) is 191 cm³/mol. The fourth-order valence-corrected chi connectivity index (χ4v) is 8.02. The molecule has 0 atom stereocenters. The van der Waals surface area contributed by atoms with Crippen LogP contribution in [0.5, 0.6) is 0 Å². The van der Waals surface area contributed by atoms with E-state index < -0.39 is 0 Å². The SMILES string of the molecule is CC(C)c1ccc2sc(-c3ccc4c(c3)c3cc(-c5nc6cc(C(C)C)ccc6s5)ccc3n4-c3cccc(C#N)c3)nc2c1. The highest BCUT2D eigenvalue weighted by molar-refractivity contribution is 7.22. The largest absolute Gasteiger partial charge is 0.309 e.